The van der Waals surface area contributed by atoms with Gasteiger partial charge in [-0.2, -0.15) is 5.26 Å². The monoisotopic (exact) mass is 339 g/mol. The molecule has 0 N–H and O–H groups in total. The number of rotatable bonds is 11. The highest BCUT2D eigenvalue weighted by Gasteiger charge is 2.21. The molecule has 2 nitrogen and oxygen atoms in total. The molecule has 0 saturated heterocycles. The van der Waals surface area contributed by atoms with Crippen molar-refractivity contribution in [2.45, 2.75) is 70.1 Å². The van der Waals surface area contributed by atoms with E-state index in [1.54, 1.807) is 0 Å². The van der Waals surface area contributed by atoms with Crippen molar-refractivity contribution in [3.05, 3.63) is 48.0 Å². The van der Waals surface area contributed by atoms with Crippen molar-refractivity contribution >= 4 is 0 Å². The Hall–Kier alpha value is -1.59. The molecule has 0 unspecified atom stereocenters. The molecule has 0 spiro atoms. The maximum atomic E-state index is 8.89. The number of hydrogen-bond donors (Lipinski definition) is 0. The molecule has 2 rings (SSSR count). The Labute approximate surface area is 153 Å². The van der Waals surface area contributed by atoms with Gasteiger partial charge in [0.1, 0.15) is 0 Å². The Kier molecular flexibility index (Phi) is 9.37. The molecule has 1 saturated carbocycles. The van der Waals surface area contributed by atoms with E-state index in [4.69, 9.17) is 10.00 Å². The van der Waals surface area contributed by atoms with Crippen LogP contribution in [0.15, 0.2) is 36.9 Å². The molecule has 0 aromatic heterocycles. The minimum Gasteiger partial charge on any atom is -0.381 e. The fourth-order valence-corrected chi connectivity index (χ4v) is 3.86. The lowest BCUT2D eigenvalue weighted by Gasteiger charge is -2.28. The van der Waals surface area contributed by atoms with Crippen molar-refractivity contribution in [1.29, 1.82) is 5.26 Å². The highest BCUT2D eigenvalue weighted by molar-refractivity contribution is 5.33. The van der Waals surface area contributed by atoms with Gasteiger partial charge in [0.2, 0.25) is 0 Å². The Balaban J connectivity index is 1.52. The van der Waals surface area contributed by atoms with Gasteiger partial charge in [0.15, 0.2) is 0 Å². The fraction of sp³-hybridized carbons (Fsp3) is 0.609. The summed E-state index contributed by atoms with van der Waals surface area (Å²) in [6, 6.07) is 10.4. The molecule has 1 aromatic rings. The molecular formula is C23H33NO. The number of unbranched alkanes of at least 4 members (excludes halogenated alkanes) is 3. The van der Waals surface area contributed by atoms with Crippen molar-refractivity contribution in [2.24, 2.45) is 5.92 Å². The first kappa shape index (κ1) is 19.7. The first-order valence-electron chi connectivity index (χ1n) is 10.0. The van der Waals surface area contributed by atoms with E-state index in [2.05, 4.69) is 24.8 Å². The van der Waals surface area contributed by atoms with Crippen LogP contribution >= 0.6 is 0 Å². The van der Waals surface area contributed by atoms with Gasteiger partial charge < -0.3 is 4.74 Å². The number of benzene rings is 1. The van der Waals surface area contributed by atoms with E-state index < -0.39 is 0 Å². The molecule has 1 aliphatic rings. The summed E-state index contributed by atoms with van der Waals surface area (Å²) in [5, 5.41) is 8.89. The molecule has 0 atom stereocenters. The van der Waals surface area contributed by atoms with Crippen LogP contribution in [0.4, 0.5) is 0 Å². The van der Waals surface area contributed by atoms with E-state index in [9.17, 15) is 0 Å². The standard InChI is InChI=1S/C23H33NO/c1-2-3-4-5-6-17-25-18-7-8-20-9-13-22(14-10-20)23-15-11-21(19-24)12-16-23/h2,11-12,15-16,20,22H,1,3-10,13-14,17-18H2. The lowest BCUT2D eigenvalue weighted by molar-refractivity contribution is 0.120. The lowest BCUT2D eigenvalue weighted by atomic mass is 9.77. The summed E-state index contributed by atoms with van der Waals surface area (Å²) in [5.41, 5.74) is 2.18. The fourth-order valence-electron chi connectivity index (χ4n) is 3.86. The normalized spacial score (nSPS) is 20.1. The van der Waals surface area contributed by atoms with Gasteiger partial charge in [-0.05, 0) is 87.3 Å². The second-order valence-electron chi connectivity index (χ2n) is 7.34. The number of nitrogens with zero attached hydrogens (tertiary/aromatic N) is 1. The van der Waals surface area contributed by atoms with Gasteiger partial charge >= 0.3 is 0 Å². The van der Waals surface area contributed by atoms with Crippen molar-refractivity contribution in [1.82, 2.24) is 0 Å². The predicted molar refractivity (Wildman–Crippen MR) is 105 cm³/mol. The van der Waals surface area contributed by atoms with Gasteiger partial charge in [-0.25, -0.2) is 0 Å². The molecule has 0 amide bonds. The molecule has 2 heteroatoms. The van der Waals surface area contributed by atoms with Crippen molar-refractivity contribution in [3.63, 3.8) is 0 Å². The molecule has 0 aliphatic heterocycles. The molecule has 1 aliphatic carbocycles. The second-order valence-corrected chi connectivity index (χ2v) is 7.34. The Morgan fingerprint density at radius 3 is 2.40 bits per heavy atom. The largest absolute Gasteiger partial charge is 0.381 e. The van der Waals surface area contributed by atoms with Gasteiger partial charge in [-0.15, -0.1) is 6.58 Å². The van der Waals surface area contributed by atoms with Gasteiger partial charge in [-0.3, -0.25) is 0 Å². The molecular weight excluding hydrogens is 306 g/mol. The molecule has 0 radical (unpaired) electrons. The molecule has 1 aromatic carbocycles. The third-order valence-corrected chi connectivity index (χ3v) is 5.46. The van der Waals surface area contributed by atoms with Crippen LogP contribution in [0.1, 0.15) is 81.3 Å². The number of nitriles is 1. The molecule has 0 heterocycles. The van der Waals surface area contributed by atoms with Crippen LogP contribution in [-0.2, 0) is 4.74 Å². The maximum Gasteiger partial charge on any atom is 0.0991 e. The first-order valence-corrected chi connectivity index (χ1v) is 10.0. The summed E-state index contributed by atoms with van der Waals surface area (Å²) in [7, 11) is 0. The molecule has 25 heavy (non-hydrogen) atoms. The van der Waals surface area contributed by atoms with Crippen LogP contribution < -0.4 is 0 Å². The Morgan fingerprint density at radius 1 is 1.00 bits per heavy atom. The molecule has 136 valence electrons. The van der Waals surface area contributed by atoms with Crippen molar-refractivity contribution < 1.29 is 4.74 Å². The quantitative estimate of drug-likeness (QED) is 0.346. The van der Waals surface area contributed by atoms with Gasteiger partial charge in [0.05, 0.1) is 11.6 Å². The average molecular weight is 340 g/mol. The number of hydrogen-bond acceptors (Lipinski definition) is 2. The number of ether oxygens (including phenoxy) is 1. The predicted octanol–water partition coefficient (Wildman–Crippen LogP) is 6.38. The summed E-state index contributed by atoms with van der Waals surface area (Å²) in [4.78, 5) is 0. The topological polar surface area (TPSA) is 33.0 Å². The minimum absolute atomic E-state index is 0.691. The van der Waals surface area contributed by atoms with Crippen LogP contribution in [0.5, 0.6) is 0 Å². The summed E-state index contributed by atoms with van der Waals surface area (Å²) < 4.78 is 5.77. The third kappa shape index (κ3) is 7.45. The Morgan fingerprint density at radius 2 is 1.72 bits per heavy atom. The van der Waals surface area contributed by atoms with Gasteiger partial charge in [0.25, 0.3) is 0 Å². The molecule has 1 fully saturated rings. The van der Waals surface area contributed by atoms with Crippen LogP contribution in [-0.4, -0.2) is 13.2 Å². The smallest absolute Gasteiger partial charge is 0.0991 e. The highest BCUT2D eigenvalue weighted by atomic mass is 16.5. The van der Waals surface area contributed by atoms with Crippen molar-refractivity contribution in [2.75, 3.05) is 13.2 Å². The maximum absolute atomic E-state index is 8.89. The summed E-state index contributed by atoms with van der Waals surface area (Å²) in [6.07, 6.45) is 14.6. The second kappa shape index (κ2) is 11.9. The molecule has 0 bridgehead atoms. The Bertz CT molecular complexity index is 520. The summed E-state index contributed by atoms with van der Waals surface area (Å²) >= 11 is 0. The van der Waals surface area contributed by atoms with Crippen LogP contribution in [0.3, 0.4) is 0 Å². The van der Waals surface area contributed by atoms with E-state index >= 15 is 0 Å². The third-order valence-electron chi connectivity index (χ3n) is 5.46. The SMILES string of the molecule is C=CCCCCCOCCCC1CCC(c2ccc(C#N)cc2)CC1. The van der Waals surface area contributed by atoms with E-state index in [0.29, 0.717) is 5.92 Å². The highest BCUT2D eigenvalue weighted by Crippen LogP contribution is 2.37. The average Bonchev–Trinajstić information content (AvgIpc) is 2.67. The zero-order valence-corrected chi connectivity index (χ0v) is 15.6. The van der Waals surface area contributed by atoms with Crippen molar-refractivity contribution in [3.8, 4) is 6.07 Å². The van der Waals surface area contributed by atoms with Crippen LogP contribution in [0.2, 0.25) is 0 Å². The van der Waals surface area contributed by atoms with E-state index in [-0.39, 0.29) is 0 Å². The summed E-state index contributed by atoms with van der Waals surface area (Å²) in [6.45, 7) is 5.60. The summed E-state index contributed by atoms with van der Waals surface area (Å²) in [5.74, 6) is 1.57. The van der Waals surface area contributed by atoms with Crippen LogP contribution in [0, 0.1) is 17.2 Å². The first-order chi connectivity index (χ1) is 12.3. The van der Waals surface area contributed by atoms with E-state index in [0.717, 1.165) is 31.1 Å². The zero-order valence-electron chi connectivity index (χ0n) is 15.6. The van der Waals surface area contributed by atoms with Gasteiger partial charge in [-0.1, -0.05) is 24.6 Å². The van der Waals surface area contributed by atoms with E-state index in [1.165, 1.54) is 63.4 Å². The number of allylic oxidation sites excluding steroid dienone is 1. The van der Waals surface area contributed by atoms with E-state index in [1.807, 2.05) is 18.2 Å². The zero-order chi connectivity index (χ0) is 17.7. The van der Waals surface area contributed by atoms with Gasteiger partial charge in [0, 0.05) is 13.2 Å². The lowest BCUT2D eigenvalue weighted by Crippen LogP contribution is -2.14. The van der Waals surface area contributed by atoms with Crippen LogP contribution in [0.25, 0.3) is 0 Å². The minimum atomic E-state index is 0.691.